The van der Waals surface area contributed by atoms with Crippen molar-refractivity contribution in [3.8, 4) is 0 Å². The highest BCUT2D eigenvalue weighted by Gasteiger charge is 2.42. The number of hydrogen-bond acceptors (Lipinski definition) is 3. The highest BCUT2D eigenvalue weighted by molar-refractivity contribution is 5.85. The van der Waals surface area contributed by atoms with Crippen molar-refractivity contribution >= 4 is 30.7 Å². The first-order valence-corrected chi connectivity index (χ1v) is 8.49. The van der Waals surface area contributed by atoms with Crippen molar-refractivity contribution in [2.24, 2.45) is 11.7 Å². The van der Waals surface area contributed by atoms with Crippen LogP contribution in [0.5, 0.6) is 0 Å². The number of likely N-dealkylation sites (N-methyl/N-ethyl adjacent to an activating group) is 1. The van der Waals surface area contributed by atoms with Crippen molar-refractivity contribution in [1.29, 1.82) is 0 Å². The van der Waals surface area contributed by atoms with Crippen molar-refractivity contribution in [2.45, 2.75) is 70.0 Å². The monoisotopic (exact) mass is 351 g/mol. The van der Waals surface area contributed by atoms with Gasteiger partial charge in [0, 0.05) is 37.1 Å². The number of carbonyl (C=O) groups excluding carboxylic acids is 1. The Bertz CT molecular complexity index is 369. The first kappa shape index (κ1) is 20.0. The predicted octanol–water partition coefficient (Wildman–Crippen LogP) is 2.43. The smallest absolute Gasteiger partial charge is 0.226 e. The number of likely N-dealkylation sites (tertiary alicyclic amines) is 1. The third-order valence-corrected chi connectivity index (χ3v) is 5.63. The Labute approximate surface area is 147 Å². The van der Waals surface area contributed by atoms with E-state index < -0.39 is 0 Å². The van der Waals surface area contributed by atoms with E-state index >= 15 is 0 Å². The molecule has 0 spiro atoms. The van der Waals surface area contributed by atoms with E-state index in [1.54, 1.807) is 0 Å². The summed E-state index contributed by atoms with van der Waals surface area (Å²) in [5.74, 6) is 0.626. The van der Waals surface area contributed by atoms with Gasteiger partial charge < -0.3 is 15.5 Å². The van der Waals surface area contributed by atoms with Crippen LogP contribution in [0.2, 0.25) is 0 Å². The molecule has 0 aromatic carbocycles. The SMILES string of the molecule is CCN1CCC2CCC(C1)N2C(=O)C1CCCC(N)C1.Cl.Cl. The van der Waals surface area contributed by atoms with Gasteiger partial charge in [-0.05, 0) is 45.1 Å². The van der Waals surface area contributed by atoms with Gasteiger partial charge in [0.2, 0.25) is 5.91 Å². The first-order valence-electron chi connectivity index (χ1n) is 8.49. The Kier molecular flexibility index (Phi) is 7.93. The Morgan fingerprint density at radius 2 is 1.82 bits per heavy atom. The molecule has 4 nitrogen and oxygen atoms in total. The van der Waals surface area contributed by atoms with E-state index in [2.05, 4.69) is 16.7 Å². The van der Waals surface area contributed by atoms with Gasteiger partial charge in [0.15, 0.2) is 0 Å². The zero-order valence-electron chi connectivity index (χ0n) is 13.6. The Hall–Kier alpha value is -0.0300. The lowest BCUT2D eigenvalue weighted by atomic mass is 9.85. The van der Waals surface area contributed by atoms with Crippen molar-refractivity contribution in [3.63, 3.8) is 0 Å². The maximum atomic E-state index is 13.0. The molecule has 3 rings (SSSR count). The number of amides is 1. The number of halogens is 2. The Morgan fingerprint density at radius 3 is 2.50 bits per heavy atom. The fourth-order valence-corrected chi connectivity index (χ4v) is 4.45. The van der Waals surface area contributed by atoms with Gasteiger partial charge >= 0.3 is 0 Å². The van der Waals surface area contributed by atoms with E-state index in [1.807, 2.05) is 0 Å². The van der Waals surface area contributed by atoms with Crippen LogP contribution in [0.3, 0.4) is 0 Å². The summed E-state index contributed by atoms with van der Waals surface area (Å²) in [6.07, 6.45) is 7.77. The average molecular weight is 352 g/mol. The number of rotatable bonds is 2. The van der Waals surface area contributed by atoms with Crippen LogP contribution in [0.15, 0.2) is 0 Å². The summed E-state index contributed by atoms with van der Waals surface area (Å²) in [7, 11) is 0. The fourth-order valence-electron chi connectivity index (χ4n) is 4.45. The van der Waals surface area contributed by atoms with Crippen molar-refractivity contribution in [1.82, 2.24) is 9.80 Å². The van der Waals surface area contributed by atoms with E-state index in [0.717, 1.165) is 51.7 Å². The highest BCUT2D eigenvalue weighted by Crippen LogP contribution is 2.34. The fraction of sp³-hybridized carbons (Fsp3) is 0.938. The van der Waals surface area contributed by atoms with Crippen molar-refractivity contribution < 1.29 is 4.79 Å². The Balaban J connectivity index is 0.00000121. The van der Waals surface area contributed by atoms with Crippen molar-refractivity contribution in [2.75, 3.05) is 19.6 Å². The van der Waals surface area contributed by atoms with E-state index in [0.29, 0.717) is 18.0 Å². The van der Waals surface area contributed by atoms with Crippen LogP contribution >= 0.6 is 24.8 Å². The number of hydrogen-bond donors (Lipinski definition) is 1. The van der Waals surface area contributed by atoms with Gasteiger partial charge in [0.05, 0.1) is 0 Å². The molecule has 2 aliphatic heterocycles. The van der Waals surface area contributed by atoms with Crippen molar-refractivity contribution in [3.05, 3.63) is 0 Å². The molecule has 6 heteroatoms. The lowest BCUT2D eigenvalue weighted by Gasteiger charge is -2.35. The number of nitrogens with two attached hydrogens (primary N) is 1. The number of carbonyl (C=O) groups is 1. The van der Waals surface area contributed by atoms with Gasteiger partial charge in [-0.25, -0.2) is 0 Å². The lowest BCUT2D eigenvalue weighted by molar-refractivity contribution is -0.139. The van der Waals surface area contributed by atoms with Crippen LogP contribution in [0.25, 0.3) is 0 Å². The minimum atomic E-state index is 0. The molecular weight excluding hydrogens is 321 g/mol. The summed E-state index contributed by atoms with van der Waals surface area (Å²) >= 11 is 0. The summed E-state index contributed by atoms with van der Waals surface area (Å²) in [6.45, 7) is 5.58. The molecule has 2 heterocycles. The molecule has 0 aromatic heterocycles. The largest absolute Gasteiger partial charge is 0.335 e. The molecule has 1 amide bonds. The molecule has 0 radical (unpaired) electrons. The number of nitrogens with zero attached hydrogens (tertiary/aromatic N) is 2. The summed E-state index contributed by atoms with van der Waals surface area (Å²) in [5.41, 5.74) is 6.07. The molecule has 4 atom stereocenters. The second-order valence-electron chi connectivity index (χ2n) is 6.94. The van der Waals surface area contributed by atoms with Gasteiger partial charge in [0.25, 0.3) is 0 Å². The zero-order chi connectivity index (χ0) is 14.1. The minimum Gasteiger partial charge on any atom is -0.335 e. The van der Waals surface area contributed by atoms with E-state index in [-0.39, 0.29) is 36.8 Å². The quantitative estimate of drug-likeness (QED) is 0.830. The molecule has 3 aliphatic rings. The second-order valence-corrected chi connectivity index (χ2v) is 6.94. The van der Waals surface area contributed by atoms with E-state index in [1.165, 1.54) is 12.8 Å². The predicted molar refractivity (Wildman–Crippen MR) is 94.8 cm³/mol. The van der Waals surface area contributed by atoms with Gasteiger partial charge in [-0.15, -0.1) is 24.8 Å². The maximum absolute atomic E-state index is 13.0. The topological polar surface area (TPSA) is 49.6 Å². The third kappa shape index (κ3) is 4.08. The molecule has 3 fully saturated rings. The standard InChI is InChI=1S/C16H29N3O.2ClH/c1-2-18-9-8-14-6-7-15(11-18)19(14)16(20)12-4-3-5-13(17)10-12;;/h12-15H,2-11,17H2,1H3;2*1H. The van der Waals surface area contributed by atoms with Gasteiger partial charge in [0.1, 0.15) is 0 Å². The van der Waals surface area contributed by atoms with E-state index in [4.69, 9.17) is 5.73 Å². The van der Waals surface area contributed by atoms with Gasteiger partial charge in [-0.2, -0.15) is 0 Å². The highest BCUT2D eigenvalue weighted by atomic mass is 35.5. The molecule has 130 valence electrons. The van der Waals surface area contributed by atoms with Crippen LogP contribution in [0.1, 0.15) is 51.9 Å². The molecule has 22 heavy (non-hydrogen) atoms. The summed E-state index contributed by atoms with van der Waals surface area (Å²) < 4.78 is 0. The van der Waals surface area contributed by atoms with Crippen LogP contribution in [0.4, 0.5) is 0 Å². The zero-order valence-corrected chi connectivity index (χ0v) is 15.2. The molecule has 1 aliphatic carbocycles. The lowest BCUT2D eigenvalue weighted by Crippen LogP contribution is -2.47. The maximum Gasteiger partial charge on any atom is 0.226 e. The van der Waals surface area contributed by atoms with Crippen LogP contribution in [0, 0.1) is 5.92 Å². The Morgan fingerprint density at radius 1 is 1.09 bits per heavy atom. The van der Waals surface area contributed by atoms with Gasteiger partial charge in [-0.1, -0.05) is 13.3 Å². The van der Waals surface area contributed by atoms with Gasteiger partial charge in [-0.3, -0.25) is 4.79 Å². The molecule has 4 unspecified atom stereocenters. The number of fused-ring (bicyclic) bond motifs is 2. The normalized spacial score (nSPS) is 35.3. The van der Waals surface area contributed by atoms with Crippen LogP contribution in [-0.4, -0.2) is 53.5 Å². The second kappa shape index (κ2) is 8.72. The summed E-state index contributed by atoms with van der Waals surface area (Å²) in [6, 6.07) is 1.21. The van der Waals surface area contributed by atoms with Crippen LogP contribution in [-0.2, 0) is 4.79 Å². The summed E-state index contributed by atoms with van der Waals surface area (Å²) in [4.78, 5) is 17.7. The summed E-state index contributed by atoms with van der Waals surface area (Å²) in [5, 5.41) is 0. The first-order chi connectivity index (χ1) is 9.69. The molecule has 0 aromatic rings. The molecule has 2 saturated heterocycles. The van der Waals surface area contributed by atoms with E-state index in [9.17, 15) is 4.79 Å². The third-order valence-electron chi connectivity index (χ3n) is 5.63. The molecular formula is C16H31Cl2N3O. The average Bonchev–Trinajstić information content (AvgIpc) is 2.73. The van der Waals surface area contributed by atoms with Crippen LogP contribution < -0.4 is 5.73 Å². The molecule has 2 bridgehead atoms. The minimum absolute atomic E-state index is 0. The molecule has 2 N–H and O–H groups in total. The molecule has 1 saturated carbocycles.